The molecule has 0 aromatic carbocycles. The normalized spacial score (nSPS) is 10.7. The lowest BCUT2D eigenvalue weighted by Crippen LogP contribution is -2.39. The van der Waals surface area contributed by atoms with Gasteiger partial charge in [-0.1, -0.05) is 0 Å². The number of nitrogens with zero attached hydrogens (tertiary/aromatic N) is 1. The van der Waals surface area contributed by atoms with Crippen LogP contribution in [0.25, 0.3) is 0 Å². The van der Waals surface area contributed by atoms with Crippen molar-refractivity contribution in [3.8, 4) is 0 Å². The lowest BCUT2D eigenvalue weighted by Gasteiger charge is -2.24. The fraction of sp³-hybridized carbons (Fsp3) is 0.750. The number of amides is 1. The monoisotopic (exact) mass is 259 g/mol. The first-order valence-electron chi connectivity index (χ1n) is 5.72. The second-order valence-electron chi connectivity index (χ2n) is 4.87. The molecule has 6 nitrogen and oxygen atoms in total. The van der Waals surface area contributed by atoms with Gasteiger partial charge in [-0.2, -0.15) is 0 Å². The first-order chi connectivity index (χ1) is 8.11. The van der Waals surface area contributed by atoms with Crippen LogP contribution in [0.2, 0.25) is 0 Å². The summed E-state index contributed by atoms with van der Waals surface area (Å²) in [4.78, 5) is 34.7. The maximum Gasteiger partial charge on any atom is 0.326 e. The highest BCUT2D eigenvalue weighted by atomic mass is 16.6. The largest absolute Gasteiger partial charge is 0.464 e. The van der Waals surface area contributed by atoms with Crippen LogP contribution in [0.15, 0.2) is 0 Å². The van der Waals surface area contributed by atoms with E-state index in [0.717, 1.165) is 0 Å². The smallest absolute Gasteiger partial charge is 0.326 e. The molecule has 0 radical (unpaired) electrons. The molecule has 18 heavy (non-hydrogen) atoms. The summed E-state index contributed by atoms with van der Waals surface area (Å²) in [5.41, 5.74) is -0.588. The summed E-state index contributed by atoms with van der Waals surface area (Å²) in [6, 6.07) is 0. The predicted molar refractivity (Wildman–Crippen MR) is 64.7 cm³/mol. The molecule has 0 fully saturated rings. The van der Waals surface area contributed by atoms with Crippen LogP contribution < -0.4 is 0 Å². The molecule has 6 heteroatoms. The van der Waals surface area contributed by atoms with Crippen LogP contribution in [0.5, 0.6) is 0 Å². The van der Waals surface area contributed by atoms with Gasteiger partial charge in [0.15, 0.2) is 0 Å². The van der Waals surface area contributed by atoms with Gasteiger partial charge in [0.25, 0.3) is 0 Å². The van der Waals surface area contributed by atoms with Gasteiger partial charge in [-0.15, -0.1) is 0 Å². The molecule has 0 heterocycles. The first kappa shape index (κ1) is 16.4. The standard InChI is InChI=1S/C12H21NO5/c1-9(14)13(6-7-17-10(2)15)8-11(16)18-12(3,4)5/h6-8H2,1-5H3. The van der Waals surface area contributed by atoms with Gasteiger partial charge in [0.1, 0.15) is 18.8 Å². The van der Waals surface area contributed by atoms with Crippen LogP contribution in [0.3, 0.4) is 0 Å². The van der Waals surface area contributed by atoms with Gasteiger partial charge in [-0.25, -0.2) is 0 Å². The quantitative estimate of drug-likeness (QED) is 0.681. The third-order valence-corrected chi connectivity index (χ3v) is 1.85. The molecule has 0 aliphatic carbocycles. The Morgan fingerprint density at radius 2 is 1.67 bits per heavy atom. The molecule has 0 N–H and O–H groups in total. The Labute approximate surface area is 107 Å². The molecule has 0 saturated heterocycles. The average molecular weight is 259 g/mol. The summed E-state index contributed by atoms with van der Waals surface area (Å²) in [6.07, 6.45) is 0. The molecule has 0 spiro atoms. The Kier molecular flexibility index (Phi) is 6.36. The Hall–Kier alpha value is -1.59. The lowest BCUT2D eigenvalue weighted by atomic mass is 10.2. The highest BCUT2D eigenvalue weighted by Crippen LogP contribution is 2.07. The summed E-state index contributed by atoms with van der Waals surface area (Å²) in [6.45, 7) is 7.98. The molecule has 0 aliphatic rings. The van der Waals surface area contributed by atoms with Gasteiger partial charge >= 0.3 is 11.9 Å². The number of ether oxygens (including phenoxy) is 2. The summed E-state index contributed by atoms with van der Waals surface area (Å²) < 4.78 is 9.83. The molecule has 0 unspecified atom stereocenters. The number of carbonyl (C=O) groups is 3. The minimum absolute atomic E-state index is 0.0672. The van der Waals surface area contributed by atoms with Gasteiger partial charge in [0, 0.05) is 13.8 Å². The predicted octanol–water partition coefficient (Wildman–Crippen LogP) is 0.740. The fourth-order valence-corrected chi connectivity index (χ4v) is 1.18. The summed E-state index contributed by atoms with van der Waals surface area (Å²) in [5, 5.41) is 0. The van der Waals surface area contributed by atoms with Crippen LogP contribution in [0, 0.1) is 0 Å². The highest BCUT2D eigenvalue weighted by Gasteiger charge is 2.20. The second kappa shape index (κ2) is 6.98. The molecule has 104 valence electrons. The van der Waals surface area contributed by atoms with Crippen LogP contribution in [-0.2, 0) is 23.9 Å². The Morgan fingerprint density at radius 3 is 2.06 bits per heavy atom. The van der Waals surface area contributed by atoms with Crippen molar-refractivity contribution >= 4 is 17.8 Å². The SMILES string of the molecule is CC(=O)OCCN(CC(=O)OC(C)(C)C)C(C)=O. The molecule has 0 rings (SSSR count). The summed E-state index contributed by atoms with van der Waals surface area (Å²) >= 11 is 0. The van der Waals surface area contributed by atoms with Crippen molar-refractivity contribution in [2.24, 2.45) is 0 Å². The third kappa shape index (κ3) is 8.55. The van der Waals surface area contributed by atoms with Crippen LogP contribution >= 0.6 is 0 Å². The maximum atomic E-state index is 11.5. The van der Waals surface area contributed by atoms with E-state index < -0.39 is 17.5 Å². The average Bonchev–Trinajstić information content (AvgIpc) is 2.12. The molecule has 0 bridgehead atoms. The number of hydrogen-bond donors (Lipinski definition) is 0. The van der Waals surface area contributed by atoms with Crippen LogP contribution in [0.1, 0.15) is 34.6 Å². The van der Waals surface area contributed by atoms with E-state index in [0.29, 0.717) is 0 Å². The number of carbonyl (C=O) groups excluding carboxylic acids is 3. The highest BCUT2D eigenvalue weighted by molar-refractivity contribution is 5.80. The molecule has 0 aromatic heterocycles. The Bertz CT molecular complexity index is 319. The van der Waals surface area contributed by atoms with Crippen molar-refractivity contribution in [2.75, 3.05) is 19.7 Å². The van der Waals surface area contributed by atoms with Crippen molar-refractivity contribution in [1.29, 1.82) is 0 Å². The van der Waals surface area contributed by atoms with E-state index in [1.807, 2.05) is 0 Å². The van der Waals surface area contributed by atoms with Crippen molar-refractivity contribution in [1.82, 2.24) is 4.90 Å². The van der Waals surface area contributed by atoms with Gasteiger partial charge in [0.2, 0.25) is 5.91 Å². The zero-order chi connectivity index (χ0) is 14.3. The molecule has 0 saturated carbocycles. The van der Waals surface area contributed by atoms with Gasteiger partial charge in [-0.05, 0) is 20.8 Å². The summed E-state index contributed by atoms with van der Waals surface area (Å²) in [7, 11) is 0. The number of rotatable bonds is 5. The van der Waals surface area contributed by atoms with Gasteiger partial charge in [0.05, 0.1) is 6.54 Å². The minimum atomic E-state index is -0.588. The van der Waals surface area contributed by atoms with Gasteiger partial charge < -0.3 is 14.4 Å². The van der Waals surface area contributed by atoms with Crippen LogP contribution in [-0.4, -0.2) is 48.0 Å². The molecular weight excluding hydrogens is 238 g/mol. The third-order valence-electron chi connectivity index (χ3n) is 1.85. The zero-order valence-electron chi connectivity index (χ0n) is 11.6. The topological polar surface area (TPSA) is 72.9 Å². The van der Waals surface area contributed by atoms with Crippen molar-refractivity contribution in [3.05, 3.63) is 0 Å². The molecular formula is C12H21NO5. The molecule has 0 atom stereocenters. The molecule has 1 amide bonds. The van der Waals surface area contributed by atoms with E-state index in [1.54, 1.807) is 20.8 Å². The Morgan fingerprint density at radius 1 is 1.11 bits per heavy atom. The van der Waals surface area contributed by atoms with Crippen molar-refractivity contribution in [3.63, 3.8) is 0 Å². The van der Waals surface area contributed by atoms with E-state index in [9.17, 15) is 14.4 Å². The maximum absolute atomic E-state index is 11.5. The number of esters is 2. The molecule has 0 aromatic rings. The van der Waals surface area contributed by atoms with Crippen molar-refractivity contribution < 1.29 is 23.9 Å². The fourth-order valence-electron chi connectivity index (χ4n) is 1.18. The van der Waals surface area contributed by atoms with Crippen molar-refractivity contribution in [2.45, 2.75) is 40.2 Å². The zero-order valence-corrected chi connectivity index (χ0v) is 11.6. The second-order valence-corrected chi connectivity index (χ2v) is 4.87. The summed E-state index contributed by atoms with van der Waals surface area (Å²) in [5.74, 6) is -1.18. The molecule has 0 aliphatic heterocycles. The lowest BCUT2D eigenvalue weighted by molar-refractivity contribution is -0.159. The van der Waals surface area contributed by atoms with E-state index in [2.05, 4.69) is 0 Å². The number of hydrogen-bond acceptors (Lipinski definition) is 5. The van der Waals surface area contributed by atoms with E-state index in [1.165, 1.54) is 18.7 Å². The first-order valence-corrected chi connectivity index (χ1v) is 5.72. The Balaban J connectivity index is 4.23. The van der Waals surface area contributed by atoms with E-state index in [4.69, 9.17) is 9.47 Å². The minimum Gasteiger partial charge on any atom is -0.464 e. The van der Waals surface area contributed by atoms with E-state index >= 15 is 0 Å². The van der Waals surface area contributed by atoms with Crippen LogP contribution in [0.4, 0.5) is 0 Å². The van der Waals surface area contributed by atoms with E-state index in [-0.39, 0.29) is 25.6 Å². The van der Waals surface area contributed by atoms with Gasteiger partial charge in [-0.3, -0.25) is 14.4 Å².